The molecule has 2 aromatic heterocycles. The van der Waals surface area contributed by atoms with Gasteiger partial charge in [0.15, 0.2) is 0 Å². The predicted octanol–water partition coefficient (Wildman–Crippen LogP) is 4.89. The number of carboxylic acid groups (broad SMARTS) is 1. The van der Waals surface area contributed by atoms with E-state index in [-0.39, 0.29) is 23.8 Å². The third-order valence-corrected chi connectivity index (χ3v) is 8.80. The van der Waals surface area contributed by atoms with Gasteiger partial charge < -0.3 is 19.1 Å². The number of aromatic nitrogens is 3. The summed E-state index contributed by atoms with van der Waals surface area (Å²) in [5.74, 6) is 0.804. The fourth-order valence-electron chi connectivity index (χ4n) is 6.35. The van der Waals surface area contributed by atoms with Crippen molar-refractivity contribution in [3.05, 3.63) is 88.6 Å². The van der Waals surface area contributed by atoms with E-state index >= 15 is 0 Å². The second-order valence-corrected chi connectivity index (χ2v) is 11.4. The number of benzene rings is 2. The molecule has 4 heterocycles. The molecule has 10 heteroatoms. The van der Waals surface area contributed by atoms with Crippen molar-refractivity contribution in [3.63, 3.8) is 0 Å². The Bertz CT molecular complexity index is 1710. The highest BCUT2D eigenvalue weighted by Gasteiger charge is 2.50. The fourth-order valence-corrected chi connectivity index (χ4v) is 6.35. The van der Waals surface area contributed by atoms with Crippen LogP contribution in [0.25, 0.3) is 11.0 Å². The van der Waals surface area contributed by atoms with Gasteiger partial charge in [-0.2, -0.15) is 5.26 Å². The van der Waals surface area contributed by atoms with Crippen molar-refractivity contribution in [2.45, 2.75) is 57.0 Å². The van der Waals surface area contributed by atoms with E-state index in [2.05, 4.69) is 9.47 Å². The molecule has 3 unspecified atom stereocenters. The Hall–Kier alpha value is -4.33. The molecule has 1 aliphatic carbocycles. The molecule has 1 saturated carbocycles. The summed E-state index contributed by atoms with van der Waals surface area (Å²) in [6.07, 6.45) is 3.16. The minimum absolute atomic E-state index is 0.0410. The van der Waals surface area contributed by atoms with Gasteiger partial charge in [-0.25, -0.2) is 19.2 Å². The number of fused-ring (bicyclic) bond motifs is 2. The number of halogens is 1. The summed E-state index contributed by atoms with van der Waals surface area (Å²) in [6.45, 7) is 3.07. The summed E-state index contributed by atoms with van der Waals surface area (Å²) < 4.78 is 28.0. The van der Waals surface area contributed by atoms with Crippen molar-refractivity contribution in [3.8, 4) is 11.9 Å². The van der Waals surface area contributed by atoms with Crippen LogP contribution in [0.5, 0.6) is 5.88 Å². The van der Waals surface area contributed by atoms with Crippen LogP contribution in [-0.2, 0) is 24.4 Å². The molecule has 0 amide bonds. The highest BCUT2D eigenvalue weighted by molar-refractivity contribution is 5.92. The number of imidazole rings is 1. The van der Waals surface area contributed by atoms with Crippen molar-refractivity contribution in [2.24, 2.45) is 5.92 Å². The zero-order chi connectivity index (χ0) is 28.8. The van der Waals surface area contributed by atoms with Crippen molar-refractivity contribution < 1.29 is 23.8 Å². The lowest BCUT2D eigenvalue weighted by atomic mass is 9.92. The van der Waals surface area contributed by atoms with E-state index in [1.165, 1.54) is 6.07 Å². The number of aromatic carboxylic acids is 1. The highest BCUT2D eigenvalue weighted by atomic mass is 19.1. The first-order chi connectivity index (χ1) is 20.5. The number of rotatable bonds is 9. The maximum Gasteiger partial charge on any atom is 0.335 e. The lowest BCUT2D eigenvalue weighted by Gasteiger charge is -2.32. The van der Waals surface area contributed by atoms with Crippen LogP contribution in [0.2, 0.25) is 0 Å². The number of likely N-dealkylation sites (tertiary alicyclic amines) is 1. The van der Waals surface area contributed by atoms with Gasteiger partial charge in [-0.05, 0) is 68.1 Å². The highest BCUT2D eigenvalue weighted by Crippen LogP contribution is 2.51. The number of hydrogen-bond acceptors (Lipinski definition) is 7. The Morgan fingerprint density at radius 1 is 1.17 bits per heavy atom. The molecule has 42 heavy (non-hydrogen) atoms. The van der Waals surface area contributed by atoms with Crippen LogP contribution >= 0.6 is 0 Å². The smallest absolute Gasteiger partial charge is 0.335 e. The molecule has 214 valence electrons. The van der Waals surface area contributed by atoms with Crippen LogP contribution in [0.15, 0.2) is 54.6 Å². The number of piperidine rings is 1. The van der Waals surface area contributed by atoms with Gasteiger partial charge in [0.05, 0.1) is 47.4 Å². The minimum atomic E-state index is -0.946. The van der Waals surface area contributed by atoms with E-state index in [9.17, 15) is 14.3 Å². The zero-order valence-corrected chi connectivity index (χ0v) is 22.9. The summed E-state index contributed by atoms with van der Waals surface area (Å²) in [5, 5.41) is 18.5. The molecule has 9 nitrogen and oxygen atoms in total. The van der Waals surface area contributed by atoms with Gasteiger partial charge >= 0.3 is 5.97 Å². The summed E-state index contributed by atoms with van der Waals surface area (Å²) in [7, 11) is 0. The summed E-state index contributed by atoms with van der Waals surface area (Å²) >= 11 is 0. The monoisotopic (exact) mass is 567 g/mol. The van der Waals surface area contributed by atoms with E-state index in [0.29, 0.717) is 42.4 Å². The lowest BCUT2D eigenvalue weighted by Crippen LogP contribution is -2.36. The van der Waals surface area contributed by atoms with Crippen molar-refractivity contribution >= 4 is 17.0 Å². The molecule has 2 aliphatic heterocycles. The molecule has 4 aromatic rings. The van der Waals surface area contributed by atoms with E-state index in [1.54, 1.807) is 36.4 Å². The summed E-state index contributed by atoms with van der Waals surface area (Å²) in [4.78, 5) is 23.8. The van der Waals surface area contributed by atoms with E-state index < -0.39 is 11.8 Å². The lowest BCUT2D eigenvalue weighted by molar-refractivity contribution is -0.0592. The van der Waals surface area contributed by atoms with Crippen LogP contribution in [0.1, 0.15) is 58.2 Å². The maximum atomic E-state index is 14.3. The molecular weight excluding hydrogens is 537 g/mol. The van der Waals surface area contributed by atoms with Crippen LogP contribution in [-0.4, -0.2) is 55.8 Å². The molecule has 3 aliphatic rings. The van der Waals surface area contributed by atoms with Gasteiger partial charge in [0.1, 0.15) is 18.2 Å². The van der Waals surface area contributed by atoms with Crippen molar-refractivity contribution in [2.75, 3.05) is 13.2 Å². The van der Waals surface area contributed by atoms with Gasteiger partial charge in [-0.3, -0.25) is 4.90 Å². The Morgan fingerprint density at radius 2 is 2.05 bits per heavy atom. The molecule has 3 fully saturated rings. The van der Waals surface area contributed by atoms with Gasteiger partial charge in [0, 0.05) is 35.9 Å². The second-order valence-electron chi connectivity index (χ2n) is 11.4. The normalized spacial score (nSPS) is 23.1. The largest absolute Gasteiger partial charge is 0.478 e. The molecule has 7 rings (SSSR count). The molecule has 1 N–H and O–H groups in total. The minimum Gasteiger partial charge on any atom is -0.478 e. The average molecular weight is 568 g/mol. The standard InChI is InChI=1S/C32H30FN5O4/c33-25-12-19(15-34)4-5-21(25)18-42-31-3-1-2-26(36-31)23-8-10-37(28-14-24(23)28)17-30-35-27-7-6-20(32(39)40)13-29(27)38(30)16-22-9-11-41-22/h1-7,12-13,22-24,28H,8-11,14,16-18H2,(H,39,40)/t22-,23?,24?,28?/m0/s1. The number of hydrogen-bond donors (Lipinski definition) is 1. The number of ether oxygens (including phenoxy) is 2. The first-order valence-corrected chi connectivity index (χ1v) is 14.3. The van der Waals surface area contributed by atoms with Crippen molar-refractivity contribution in [1.29, 1.82) is 5.26 Å². The molecule has 2 saturated heterocycles. The molecule has 0 bridgehead atoms. The quantitative estimate of drug-likeness (QED) is 0.304. The summed E-state index contributed by atoms with van der Waals surface area (Å²) in [5.41, 5.74) is 3.55. The Kier molecular flexibility index (Phi) is 6.84. The fraction of sp³-hybridized carbons (Fsp3) is 0.375. The van der Waals surface area contributed by atoms with Crippen LogP contribution in [0, 0.1) is 23.1 Å². The Morgan fingerprint density at radius 3 is 2.81 bits per heavy atom. The molecule has 0 radical (unpaired) electrons. The average Bonchev–Trinajstić information content (AvgIpc) is 3.71. The molecule has 0 spiro atoms. The summed E-state index contributed by atoms with van der Waals surface area (Å²) in [6, 6.07) is 17.6. The number of carboxylic acids is 1. The van der Waals surface area contributed by atoms with Crippen molar-refractivity contribution in [1.82, 2.24) is 19.4 Å². The van der Waals surface area contributed by atoms with Crippen LogP contribution in [0.4, 0.5) is 4.39 Å². The van der Waals surface area contributed by atoms with E-state index in [4.69, 9.17) is 24.7 Å². The predicted molar refractivity (Wildman–Crippen MR) is 150 cm³/mol. The SMILES string of the molecule is N#Cc1ccc(COc2cccc(C3CCN(Cc4nc5ccc(C(=O)O)cc5n4C[C@@H]4CCO4)C4CC34)n2)c(F)c1. The third-order valence-electron chi connectivity index (χ3n) is 8.80. The number of carbonyl (C=O) groups is 1. The number of nitrogens with zero attached hydrogens (tertiary/aromatic N) is 5. The Labute approximate surface area is 242 Å². The van der Waals surface area contributed by atoms with Crippen LogP contribution < -0.4 is 4.74 Å². The topological polar surface area (TPSA) is 114 Å². The van der Waals surface area contributed by atoms with Gasteiger partial charge in [-0.1, -0.05) is 12.1 Å². The number of nitriles is 1. The van der Waals surface area contributed by atoms with Gasteiger partial charge in [0.2, 0.25) is 5.88 Å². The van der Waals surface area contributed by atoms with Gasteiger partial charge in [-0.15, -0.1) is 0 Å². The first kappa shape index (κ1) is 26.6. The molecule has 2 aromatic carbocycles. The van der Waals surface area contributed by atoms with Gasteiger partial charge in [0.25, 0.3) is 0 Å². The zero-order valence-electron chi connectivity index (χ0n) is 22.9. The third kappa shape index (κ3) is 5.10. The number of pyridine rings is 1. The van der Waals surface area contributed by atoms with E-state index in [0.717, 1.165) is 55.0 Å². The maximum absolute atomic E-state index is 14.3. The first-order valence-electron chi connectivity index (χ1n) is 14.3. The Balaban J connectivity index is 1.04. The van der Waals surface area contributed by atoms with E-state index in [1.807, 2.05) is 18.2 Å². The molecule has 4 atom stereocenters. The second kappa shape index (κ2) is 10.8. The molecular formula is C32H30FN5O4. The van der Waals surface area contributed by atoms with Crippen LogP contribution in [0.3, 0.4) is 0 Å².